The zero-order valence-electron chi connectivity index (χ0n) is 16.1. The smallest absolute Gasteiger partial charge is 0.419 e. The normalized spacial score (nSPS) is 16.2. The van der Waals surface area contributed by atoms with Gasteiger partial charge in [-0.25, -0.2) is 18.4 Å². The van der Waals surface area contributed by atoms with Crippen LogP contribution in [0.1, 0.15) is 12.5 Å². The molecule has 1 aliphatic rings. The summed E-state index contributed by atoms with van der Waals surface area (Å²) < 4.78 is 74.2. The summed E-state index contributed by atoms with van der Waals surface area (Å²) in [5.74, 6) is -5.01. The minimum absolute atomic E-state index is 0.148. The summed E-state index contributed by atoms with van der Waals surface area (Å²) in [6.07, 6.45) is -3.83. The molecule has 30 heavy (non-hydrogen) atoms. The molecular formula is C18H16F5N5O2. The molecule has 4 rings (SSSR count). The van der Waals surface area contributed by atoms with Crippen molar-refractivity contribution in [2.75, 3.05) is 25.1 Å². The van der Waals surface area contributed by atoms with Crippen molar-refractivity contribution in [2.24, 2.45) is 7.05 Å². The maximum absolute atomic E-state index is 14.5. The van der Waals surface area contributed by atoms with E-state index >= 15 is 0 Å². The number of nitrogens with zero attached hydrogens (tertiary/aromatic N) is 5. The second-order valence-corrected chi connectivity index (χ2v) is 7.34. The number of hydrogen-bond donors (Lipinski definition) is 1. The molecule has 2 aromatic heterocycles. The second-order valence-electron chi connectivity index (χ2n) is 7.34. The van der Waals surface area contributed by atoms with Crippen LogP contribution in [-0.2, 0) is 18.0 Å². The van der Waals surface area contributed by atoms with Gasteiger partial charge in [-0.15, -0.1) is 0 Å². The Balaban J connectivity index is 1.83. The summed E-state index contributed by atoms with van der Waals surface area (Å²) in [5.41, 5.74) is -2.86. The molecule has 3 aromatic rings. The minimum Gasteiger partial charge on any atom is -0.503 e. The van der Waals surface area contributed by atoms with Crippen LogP contribution in [0.3, 0.4) is 0 Å². The van der Waals surface area contributed by atoms with Crippen LogP contribution in [0.2, 0.25) is 0 Å². The van der Waals surface area contributed by atoms with E-state index in [1.807, 2.05) is 11.8 Å². The van der Waals surface area contributed by atoms with Gasteiger partial charge in [0.15, 0.2) is 23.0 Å². The molecule has 160 valence electrons. The molecule has 0 atom stereocenters. The lowest BCUT2D eigenvalue weighted by molar-refractivity contribution is -0.140. The van der Waals surface area contributed by atoms with Crippen LogP contribution in [0.15, 0.2) is 12.3 Å². The molecule has 0 saturated carbocycles. The third-order valence-electron chi connectivity index (χ3n) is 5.13. The predicted octanol–water partition coefficient (Wildman–Crippen LogP) is 3.26. The highest BCUT2D eigenvalue weighted by atomic mass is 19.4. The first-order valence-corrected chi connectivity index (χ1v) is 8.73. The first-order valence-electron chi connectivity index (χ1n) is 8.73. The van der Waals surface area contributed by atoms with E-state index in [1.54, 1.807) is 7.11 Å². The van der Waals surface area contributed by atoms with Crippen molar-refractivity contribution in [3.63, 3.8) is 0 Å². The van der Waals surface area contributed by atoms with E-state index in [9.17, 15) is 27.1 Å². The number of ether oxygens (including phenoxy) is 1. The summed E-state index contributed by atoms with van der Waals surface area (Å²) in [6.45, 7) is 3.00. The molecule has 0 unspecified atom stereocenters. The quantitative estimate of drug-likeness (QED) is 0.645. The molecule has 0 spiro atoms. The van der Waals surface area contributed by atoms with Crippen LogP contribution in [0.5, 0.6) is 5.75 Å². The number of alkyl halides is 3. The molecule has 1 saturated heterocycles. The average Bonchev–Trinajstić information content (AvgIpc) is 2.98. The van der Waals surface area contributed by atoms with Crippen LogP contribution in [0.25, 0.3) is 22.3 Å². The van der Waals surface area contributed by atoms with Crippen molar-refractivity contribution >= 4 is 17.0 Å². The van der Waals surface area contributed by atoms with E-state index in [0.29, 0.717) is 19.0 Å². The Morgan fingerprint density at radius 3 is 2.47 bits per heavy atom. The minimum atomic E-state index is -5.14. The number of aromatic hydroxyl groups is 1. The third kappa shape index (κ3) is 3.02. The van der Waals surface area contributed by atoms with Crippen molar-refractivity contribution in [1.29, 1.82) is 0 Å². The number of anilines is 1. The molecule has 0 radical (unpaired) electrons. The van der Waals surface area contributed by atoms with Crippen molar-refractivity contribution in [3.8, 4) is 17.0 Å². The van der Waals surface area contributed by atoms with Crippen molar-refractivity contribution in [3.05, 3.63) is 29.5 Å². The molecule has 7 nitrogen and oxygen atoms in total. The molecule has 3 heterocycles. The number of phenolic OH excluding ortho intramolecular Hbond substituents is 1. The number of aromatic nitrogens is 4. The van der Waals surface area contributed by atoms with E-state index in [4.69, 9.17) is 4.74 Å². The standard InChI is InChI=1S/C18H16F5N5O2/c1-17(30-3)6-28(7-17)16-24-5-9-13(26-27(2)15(9)25-16)8-4-10(18(21,22)23)12(20)14(29)11(8)19/h4-5,29H,6-7H2,1-3H3. The van der Waals surface area contributed by atoms with Gasteiger partial charge in [-0.3, -0.25) is 0 Å². The summed E-state index contributed by atoms with van der Waals surface area (Å²) in [7, 11) is 3.07. The van der Waals surface area contributed by atoms with Gasteiger partial charge in [0.05, 0.1) is 24.0 Å². The van der Waals surface area contributed by atoms with Crippen LogP contribution < -0.4 is 4.90 Å². The number of fused-ring (bicyclic) bond motifs is 1. The van der Waals surface area contributed by atoms with Crippen LogP contribution in [0, 0.1) is 11.6 Å². The van der Waals surface area contributed by atoms with Crippen molar-refractivity contribution in [2.45, 2.75) is 18.7 Å². The van der Waals surface area contributed by atoms with Crippen LogP contribution in [0.4, 0.5) is 27.9 Å². The Morgan fingerprint density at radius 1 is 1.20 bits per heavy atom. The highest BCUT2D eigenvalue weighted by molar-refractivity contribution is 5.91. The lowest BCUT2D eigenvalue weighted by Gasteiger charge is -2.46. The Labute approximate surface area is 166 Å². The fourth-order valence-corrected chi connectivity index (χ4v) is 3.41. The Bertz CT molecular complexity index is 1150. The highest BCUT2D eigenvalue weighted by Gasteiger charge is 2.41. The fourth-order valence-electron chi connectivity index (χ4n) is 3.41. The second kappa shape index (κ2) is 6.49. The molecule has 12 heteroatoms. The monoisotopic (exact) mass is 429 g/mol. The molecular weight excluding hydrogens is 413 g/mol. The summed E-state index contributed by atoms with van der Waals surface area (Å²) >= 11 is 0. The summed E-state index contributed by atoms with van der Waals surface area (Å²) in [6, 6.07) is 0.277. The van der Waals surface area contributed by atoms with E-state index in [1.165, 1.54) is 17.9 Å². The van der Waals surface area contributed by atoms with Crippen molar-refractivity contribution in [1.82, 2.24) is 19.7 Å². The first-order chi connectivity index (χ1) is 13.9. The number of halogens is 5. The van der Waals surface area contributed by atoms with Gasteiger partial charge in [-0.2, -0.15) is 23.3 Å². The van der Waals surface area contributed by atoms with Gasteiger partial charge >= 0.3 is 6.18 Å². The number of rotatable bonds is 3. The van der Waals surface area contributed by atoms with Gasteiger partial charge in [-0.1, -0.05) is 0 Å². The predicted molar refractivity (Wildman–Crippen MR) is 95.9 cm³/mol. The summed E-state index contributed by atoms with van der Waals surface area (Å²) in [5, 5.41) is 13.7. The molecule has 1 aliphatic heterocycles. The zero-order valence-corrected chi connectivity index (χ0v) is 16.1. The number of aryl methyl sites for hydroxylation is 1. The SMILES string of the molecule is COC1(C)CN(c2ncc3c(-c4cc(C(F)(F)F)c(F)c(O)c4F)nn(C)c3n2)C1. The lowest BCUT2D eigenvalue weighted by atomic mass is 9.97. The van der Waals surface area contributed by atoms with Gasteiger partial charge < -0.3 is 14.7 Å². The van der Waals surface area contributed by atoms with Gasteiger partial charge in [0.2, 0.25) is 5.95 Å². The van der Waals surface area contributed by atoms with Crippen molar-refractivity contribution < 1.29 is 31.8 Å². The highest BCUT2D eigenvalue weighted by Crippen LogP contribution is 2.41. The molecule has 1 fully saturated rings. The Morgan fingerprint density at radius 2 is 1.87 bits per heavy atom. The number of hydrogen-bond acceptors (Lipinski definition) is 6. The van der Waals surface area contributed by atoms with Gasteiger partial charge in [0.1, 0.15) is 11.3 Å². The Hall–Kier alpha value is -3.02. The zero-order chi connectivity index (χ0) is 22.0. The maximum Gasteiger partial charge on any atom is 0.419 e. The number of benzene rings is 1. The average molecular weight is 429 g/mol. The molecule has 0 amide bonds. The first kappa shape index (κ1) is 20.3. The third-order valence-corrected chi connectivity index (χ3v) is 5.13. The Kier molecular flexibility index (Phi) is 4.38. The molecule has 1 aromatic carbocycles. The topological polar surface area (TPSA) is 76.3 Å². The molecule has 0 bridgehead atoms. The van der Waals surface area contributed by atoms with Gasteiger partial charge in [-0.05, 0) is 13.0 Å². The number of phenols is 1. The van der Waals surface area contributed by atoms with E-state index in [2.05, 4.69) is 15.1 Å². The number of methoxy groups -OCH3 is 1. The maximum atomic E-state index is 14.5. The van der Waals surface area contributed by atoms with E-state index < -0.39 is 34.7 Å². The summed E-state index contributed by atoms with van der Waals surface area (Å²) in [4.78, 5) is 10.4. The lowest BCUT2D eigenvalue weighted by Crippen LogP contribution is -2.61. The van der Waals surface area contributed by atoms with Gasteiger partial charge in [0.25, 0.3) is 0 Å². The van der Waals surface area contributed by atoms with Crippen LogP contribution in [-0.4, -0.2) is 50.7 Å². The van der Waals surface area contributed by atoms with E-state index in [0.717, 1.165) is 0 Å². The fraction of sp³-hybridized carbons (Fsp3) is 0.389. The van der Waals surface area contributed by atoms with Crippen LogP contribution >= 0.6 is 0 Å². The van der Waals surface area contributed by atoms with Gasteiger partial charge in [0, 0.05) is 25.9 Å². The largest absolute Gasteiger partial charge is 0.503 e. The molecule has 1 N–H and O–H groups in total. The van der Waals surface area contributed by atoms with E-state index in [-0.39, 0.29) is 28.4 Å². The molecule has 0 aliphatic carbocycles.